The maximum Gasteiger partial charge on any atom is 0.274 e. The number of carbonyl (C=O) groups excluding carboxylic acids is 1. The van der Waals surface area contributed by atoms with Gasteiger partial charge in [0, 0.05) is 24.3 Å². The van der Waals surface area contributed by atoms with Gasteiger partial charge in [0.05, 0.1) is 0 Å². The molecular formula is C21H28N4O. The lowest BCUT2D eigenvalue weighted by Crippen LogP contribution is -2.39. The fraction of sp³-hybridized carbons (Fsp3) is 0.476. The molecule has 26 heavy (non-hydrogen) atoms. The Morgan fingerprint density at radius 1 is 1.23 bits per heavy atom. The number of amides is 1. The molecule has 2 heterocycles. The van der Waals surface area contributed by atoms with Crippen molar-refractivity contribution in [2.45, 2.75) is 58.4 Å². The van der Waals surface area contributed by atoms with E-state index in [2.05, 4.69) is 41.0 Å². The van der Waals surface area contributed by atoms with E-state index in [1.165, 1.54) is 31.2 Å². The third-order valence-corrected chi connectivity index (χ3v) is 5.11. The van der Waals surface area contributed by atoms with E-state index < -0.39 is 0 Å². The first-order valence-electron chi connectivity index (χ1n) is 9.58. The van der Waals surface area contributed by atoms with Crippen molar-refractivity contribution < 1.29 is 4.79 Å². The molecule has 5 nitrogen and oxygen atoms in total. The predicted octanol–water partition coefficient (Wildman–Crippen LogP) is 4.62. The van der Waals surface area contributed by atoms with Gasteiger partial charge in [-0.25, -0.2) is 9.97 Å². The summed E-state index contributed by atoms with van der Waals surface area (Å²) in [6, 6.07) is 10.3. The van der Waals surface area contributed by atoms with Gasteiger partial charge in [-0.2, -0.15) is 0 Å². The summed E-state index contributed by atoms with van der Waals surface area (Å²) in [7, 11) is 0. The quantitative estimate of drug-likeness (QED) is 0.853. The number of piperidine rings is 1. The van der Waals surface area contributed by atoms with Crippen molar-refractivity contribution in [1.82, 2.24) is 9.97 Å². The van der Waals surface area contributed by atoms with Crippen molar-refractivity contribution in [3.05, 3.63) is 47.9 Å². The van der Waals surface area contributed by atoms with E-state index in [0.717, 1.165) is 24.5 Å². The molecule has 1 N–H and O–H groups in total. The van der Waals surface area contributed by atoms with Gasteiger partial charge in [-0.05, 0) is 49.3 Å². The van der Waals surface area contributed by atoms with Crippen molar-refractivity contribution in [2.24, 2.45) is 0 Å². The maximum atomic E-state index is 12.6. The van der Waals surface area contributed by atoms with Gasteiger partial charge in [0.2, 0.25) is 0 Å². The Hall–Kier alpha value is -2.43. The minimum atomic E-state index is -0.198. The lowest BCUT2D eigenvalue weighted by molar-refractivity contribution is 0.102. The average Bonchev–Trinajstić information content (AvgIpc) is 2.68. The third-order valence-electron chi connectivity index (χ3n) is 5.11. The molecule has 0 spiro atoms. The molecule has 3 rings (SSSR count). The number of benzene rings is 1. The molecule has 0 radical (unpaired) electrons. The van der Waals surface area contributed by atoms with Gasteiger partial charge in [0.25, 0.3) is 5.91 Å². The Kier molecular flexibility index (Phi) is 5.86. The first kappa shape index (κ1) is 18.4. The predicted molar refractivity (Wildman–Crippen MR) is 106 cm³/mol. The molecule has 1 aliphatic rings. The normalized spacial score (nSPS) is 17.4. The van der Waals surface area contributed by atoms with Gasteiger partial charge in [-0.3, -0.25) is 4.79 Å². The zero-order valence-electron chi connectivity index (χ0n) is 15.9. The maximum absolute atomic E-state index is 12.6. The second-order valence-corrected chi connectivity index (χ2v) is 7.24. The smallest absolute Gasteiger partial charge is 0.274 e. The summed E-state index contributed by atoms with van der Waals surface area (Å²) in [5.41, 5.74) is 2.44. The van der Waals surface area contributed by atoms with Crippen LogP contribution in [-0.2, 0) is 0 Å². The van der Waals surface area contributed by atoms with Gasteiger partial charge >= 0.3 is 0 Å². The second kappa shape index (κ2) is 8.30. The Morgan fingerprint density at radius 2 is 2.00 bits per heavy atom. The lowest BCUT2D eigenvalue weighted by atomic mass is 10.00. The Morgan fingerprint density at radius 3 is 2.69 bits per heavy atom. The van der Waals surface area contributed by atoms with Crippen LogP contribution in [0.15, 0.2) is 36.7 Å². The summed E-state index contributed by atoms with van der Waals surface area (Å²) >= 11 is 0. The summed E-state index contributed by atoms with van der Waals surface area (Å²) < 4.78 is 0. The Labute approximate surface area is 155 Å². The number of hydrogen-bond donors (Lipinski definition) is 1. The van der Waals surface area contributed by atoms with Crippen LogP contribution in [0.1, 0.15) is 68.4 Å². The van der Waals surface area contributed by atoms with Crippen LogP contribution in [0.2, 0.25) is 0 Å². The number of anilines is 2. The summed E-state index contributed by atoms with van der Waals surface area (Å²) in [5.74, 6) is 1.13. The number of nitrogens with one attached hydrogen (secondary N) is 1. The fourth-order valence-corrected chi connectivity index (χ4v) is 3.50. The zero-order chi connectivity index (χ0) is 18.5. The van der Waals surface area contributed by atoms with Crippen molar-refractivity contribution in [3.63, 3.8) is 0 Å². The number of rotatable bonds is 5. The fourth-order valence-electron chi connectivity index (χ4n) is 3.50. The molecule has 1 aromatic heterocycles. The SMILES string of the molecule is CCC1CCCCN1c1cc(C(=O)Nc2ccc(C(C)C)cc2)ncn1. The van der Waals surface area contributed by atoms with Crippen LogP contribution in [0.3, 0.4) is 0 Å². The molecule has 1 atom stereocenters. The molecule has 1 fully saturated rings. The number of aromatic nitrogens is 2. The molecule has 2 aromatic rings. The molecule has 1 saturated heterocycles. The standard InChI is InChI=1S/C21H28N4O/c1-4-18-7-5-6-12-25(18)20-13-19(22-14-23-20)21(26)24-17-10-8-16(9-11-17)15(2)3/h8-11,13-15,18H,4-7,12H2,1-3H3,(H,24,26). The molecule has 5 heteroatoms. The van der Waals surface area contributed by atoms with E-state index >= 15 is 0 Å². The first-order chi connectivity index (χ1) is 12.6. The van der Waals surface area contributed by atoms with Gasteiger partial charge in [-0.15, -0.1) is 0 Å². The van der Waals surface area contributed by atoms with Gasteiger partial charge < -0.3 is 10.2 Å². The van der Waals surface area contributed by atoms with Crippen LogP contribution in [0, 0.1) is 0 Å². The van der Waals surface area contributed by atoms with Crippen LogP contribution < -0.4 is 10.2 Å². The third kappa shape index (κ3) is 4.21. The first-order valence-corrected chi connectivity index (χ1v) is 9.58. The minimum Gasteiger partial charge on any atom is -0.354 e. The Bertz CT molecular complexity index is 742. The highest BCUT2D eigenvalue weighted by molar-refractivity contribution is 6.03. The summed E-state index contributed by atoms with van der Waals surface area (Å²) in [5, 5.41) is 2.93. The van der Waals surface area contributed by atoms with E-state index in [1.807, 2.05) is 30.3 Å². The molecular weight excluding hydrogens is 324 g/mol. The average molecular weight is 352 g/mol. The zero-order valence-corrected chi connectivity index (χ0v) is 15.9. The Balaban J connectivity index is 1.73. The number of carbonyl (C=O) groups is 1. The van der Waals surface area contributed by atoms with E-state index in [4.69, 9.17) is 0 Å². The molecule has 0 saturated carbocycles. The molecule has 1 unspecified atom stereocenters. The number of hydrogen-bond acceptors (Lipinski definition) is 4. The van der Waals surface area contributed by atoms with Crippen molar-refractivity contribution in [2.75, 3.05) is 16.8 Å². The molecule has 1 amide bonds. The topological polar surface area (TPSA) is 58.1 Å². The summed E-state index contributed by atoms with van der Waals surface area (Å²) in [6.07, 6.45) is 6.20. The highest BCUT2D eigenvalue weighted by atomic mass is 16.1. The molecule has 0 bridgehead atoms. The molecule has 1 aromatic carbocycles. The van der Waals surface area contributed by atoms with Gasteiger partial charge in [-0.1, -0.05) is 32.9 Å². The number of nitrogens with zero attached hydrogens (tertiary/aromatic N) is 3. The monoisotopic (exact) mass is 352 g/mol. The van der Waals surface area contributed by atoms with Crippen LogP contribution in [-0.4, -0.2) is 28.5 Å². The van der Waals surface area contributed by atoms with Crippen LogP contribution >= 0.6 is 0 Å². The molecule has 0 aliphatic carbocycles. The van der Waals surface area contributed by atoms with E-state index in [0.29, 0.717) is 17.7 Å². The van der Waals surface area contributed by atoms with Crippen molar-refractivity contribution >= 4 is 17.4 Å². The lowest BCUT2D eigenvalue weighted by Gasteiger charge is -2.36. The molecule has 1 aliphatic heterocycles. The van der Waals surface area contributed by atoms with Crippen molar-refractivity contribution in [3.8, 4) is 0 Å². The van der Waals surface area contributed by atoms with Crippen LogP contribution in [0.5, 0.6) is 0 Å². The highest BCUT2D eigenvalue weighted by Crippen LogP contribution is 2.25. The largest absolute Gasteiger partial charge is 0.354 e. The van der Waals surface area contributed by atoms with Gasteiger partial charge in [0.1, 0.15) is 17.8 Å². The van der Waals surface area contributed by atoms with Crippen molar-refractivity contribution in [1.29, 1.82) is 0 Å². The second-order valence-electron chi connectivity index (χ2n) is 7.24. The molecule has 138 valence electrons. The van der Waals surface area contributed by atoms with E-state index in [1.54, 1.807) is 0 Å². The van der Waals surface area contributed by atoms with E-state index in [-0.39, 0.29) is 5.91 Å². The van der Waals surface area contributed by atoms with E-state index in [9.17, 15) is 4.79 Å². The van der Waals surface area contributed by atoms with Crippen LogP contribution in [0.4, 0.5) is 11.5 Å². The summed E-state index contributed by atoms with van der Waals surface area (Å²) in [6.45, 7) is 7.51. The minimum absolute atomic E-state index is 0.198. The van der Waals surface area contributed by atoms with Crippen LogP contribution in [0.25, 0.3) is 0 Å². The van der Waals surface area contributed by atoms with Gasteiger partial charge in [0.15, 0.2) is 0 Å². The summed E-state index contributed by atoms with van der Waals surface area (Å²) in [4.78, 5) is 23.5. The highest BCUT2D eigenvalue weighted by Gasteiger charge is 2.23.